The number of aliphatic hydroxyl groups is 1. The topological polar surface area (TPSA) is 29.5 Å². The minimum atomic E-state index is -1.72. The third-order valence-corrected chi connectivity index (χ3v) is 10.1. The predicted molar refractivity (Wildman–Crippen MR) is 77.9 cm³/mol. The van der Waals surface area contributed by atoms with Crippen LogP contribution in [0.3, 0.4) is 0 Å². The summed E-state index contributed by atoms with van der Waals surface area (Å²) in [4.78, 5) is 0. The highest BCUT2D eigenvalue weighted by Crippen LogP contribution is 2.42. The van der Waals surface area contributed by atoms with Gasteiger partial charge in [-0.05, 0) is 29.5 Å². The van der Waals surface area contributed by atoms with E-state index in [4.69, 9.17) is 4.43 Å². The Morgan fingerprint density at radius 1 is 0.941 bits per heavy atom. The summed E-state index contributed by atoms with van der Waals surface area (Å²) < 4.78 is 6.37. The van der Waals surface area contributed by atoms with Crippen LogP contribution < -0.4 is 0 Å². The van der Waals surface area contributed by atoms with Crippen LogP contribution in [0.15, 0.2) is 0 Å². The lowest BCUT2D eigenvalue weighted by Crippen LogP contribution is -2.48. The molecular weight excluding hydrogens is 228 g/mol. The molecule has 0 aliphatic carbocycles. The molecule has 17 heavy (non-hydrogen) atoms. The molecule has 0 rings (SSSR count). The van der Waals surface area contributed by atoms with Gasteiger partial charge in [-0.3, -0.25) is 0 Å². The van der Waals surface area contributed by atoms with Gasteiger partial charge in [-0.15, -0.1) is 0 Å². The minimum absolute atomic E-state index is 0.201. The van der Waals surface area contributed by atoms with Crippen LogP contribution in [0.1, 0.15) is 61.3 Å². The molecule has 0 aliphatic heterocycles. The van der Waals surface area contributed by atoms with Gasteiger partial charge >= 0.3 is 0 Å². The second-order valence-corrected chi connectivity index (χ2v) is 11.5. The van der Waals surface area contributed by atoms with E-state index in [0.29, 0.717) is 16.6 Å². The van der Waals surface area contributed by atoms with Gasteiger partial charge in [0, 0.05) is 6.61 Å². The highest BCUT2D eigenvalue weighted by atomic mass is 28.4. The van der Waals surface area contributed by atoms with Gasteiger partial charge in [-0.1, -0.05) is 48.5 Å². The van der Waals surface area contributed by atoms with E-state index < -0.39 is 8.32 Å². The molecule has 104 valence electrons. The van der Waals surface area contributed by atoms with Gasteiger partial charge in [0.05, 0.1) is 6.10 Å². The lowest BCUT2D eigenvalue weighted by atomic mass is 10.2. The van der Waals surface area contributed by atoms with Crippen LogP contribution in [0.5, 0.6) is 0 Å². The average molecular weight is 260 g/mol. The first-order valence-electron chi connectivity index (χ1n) is 7.10. The summed E-state index contributed by atoms with van der Waals surface area (Å²) in [6.45, 7) is 16.5. The highest BCUT2D eigenvalue weighted by Gasteiger charge is 2.44. The van der Waals surface area contributed by atoms with Crippen LogP contribution in [-0.2, 0) is 4.43 Å². The van der Waals surface area contributed by atoms with Crippen LogP contribution in [0.25, 0.3) is 0 Å². The van der Waals surface area contributed by atoms with E-state index in [1.54, 1.807) is 0 Å². The Balaban J connectivity index is 4.59. The second-order valence-electron chi connectivity index (χ2n) is 6.02. The summed E-state index contributed by atoms with van der Waals surface area (Å²) in [5.74, 6) is 0. The SMILES string of the molecule is CC[C@@H](O)CCO[Si](C(C)C)(C(C)C)C(C)C. The van der Waals surface area contributed by atoms with Crippen molar-refractivity contribution in [2.24, 2.45) is 0 Å². The number of rotatable bonds is 8. The molecule has 0 radical (unpaired) electrons. The zero-order valence-electron chi connectivity index (χ0n) is 12.8. The number of aliphatic hydroxyl groups excluding tert-OH is 1. The van der Waals surface area contributed by atoms with Crippen molar-refractivity contribution in [1.82, 2.24) is 0 Å². The number of hydrogen-bond donors (Lipinski definition) is 1. The molecule has 0 aliphatic rings. The predicted octanol–water partition coefficient (Wildman–Crippen LogP) is 4.34. The van der Waals surface area contributed by atoms with Gasteiger partial charge in [0.2, 0.25) is 0 Å². The van der Waals surface area contributed by atoms with Gasteiger partial charge in [0.1, 0.15) is 0 Å². The smallest absolute Gasteiger partial charge is 0.200 e. The van der Waals surface area contributed by atoms with Crippen molar-refractivity contribution < 1.29 is 9.53 Å². The van der Waals surface area contributed by atoms with E-state index >= 15 is 0 Å². The molecule has 0 saturated carbocycles. The largest absolute Gasteiger partial charge is 0.416 e. The first-order valence-corrected chi connectivity index (χ1v) is 9.25. The van der Waals surface area contributed by atoms with Gasteiger partial charge in [0.25, 0.3) is 0 Å². The maximum atomic E-state index is 9.61. The molecular formula is C14H32O2Si. The van der Waals surface area contributed by atoms with E-state index in [1.165, 1.54) is 0 Å². The van der Waals surface area contributed by atoms with Crippen LogP contribution in [0.2, 0.25) is 16.6 Å². The van der Waals surface area contributed by atoms with Crippen molar-refractivity contribution in [3.8, 4) is 0 Å². The first-order chi connectivity index (χ1) is 7.78. The Bertz CT molecular complexity index is 181. The Hall–Kier alpha value is 0.137. The van der Waals surface area contributed by atoms with Crippen LogP contribution in [0.4, 0.5) is 0 Å². The average Bonchev–Trinajstić information content (AvgIpc) is 2.22. The molecule has 0 heterocycles. The third kappa shape index (κ3) is 4.38. The molecule has 0 amide bonds. The second kappa shape index (κ2) is 7.55. The standard InChI is InChI=1S/C14H32O2Si/c1-8-14(15)9-10-16-17(11(2)3,12(4)5)13(6)7/h11-15H,8-10H2,1-7H3/t14-/m1/s1. The maximum absolute atomic E-state index is 9.61. The molecule has 2 nitrogen and oxygen atoms in total. The lowest BCUT2D eigenvalue weighted by molar-refractivity contribution is 0.130. The van der Waals surface area contributed by atoms with Crippen molar-refractivity contribution in [3.05, 3.63) is 0 Å². The molecule has 0 spiro atoms. The molecule has 1 atom stereocenters. The minimum Gasteiger partial charge on any atom is -0.416 e. The van der Waals surface area contributed by atoms with Crippen LogP contribution in [-0.4, -0.2) is 26.1 Å². The molecule has 0 unspecified atom stereocenters. The molecule has 0 saturated heterocycles. The molecule has 1 N–H and O–H groups in total. The van der Waals surface area contributed by atoms with Crippen molar-refractivity contribution in [1.29, 1.82) is 0 Å². The Morgan fingerprint density at radius 2 is 1.35 bits per heavy atom. The van der Waals surface area contributed by atoms with Gasteiger partial charge in [0.15, 0.2) is 8.32 Å². The van der Waals surface area contributed by atoms with Crippen LogP contribution >= 0.6 is 0 Å². The van der Waals surface area contributed by atoms with Gasteiger partial charge in [-0.25, -0.2) is 0 Å². The van der Waals surface area contributed by atoms with E-state index in [1.807, 2.05) is 6.92 Å². The Morgan fingerprint density at radius 3 is 1.65 bits per heavy atom. The van der Waals surface area contributed by atoms with Crippen LogP contribution in [0, 0.1) is 0 Å². The maximum Gasteiger partial charge on any atom is 0.200 e. The lowest BCUT2D eigenvalue weighted by Gasteiger charge is -2.42. The van der Waals surface area contributed by atoms with Gasteiger partial charge in [-0.2, -0.15) is 0 Å². The Labute approximate surface area is 109 Å². The molecule has 0 bridgehead atoms. The Kier molecular flexibility index (Phi) is 7.61. The van der Waals surface area contributed by atoms with E-state index in [0.717, 1.165) is 19.4 Å². The third-order valence-electron chi connectivity index (χ3n) is 3.98. The quantitative estimate of drug-likeness (QED) is 0.658. The van der Waals surface area contributed by atoms with Crippen molar-refractivity contribution >= 4 is 8.32 Å². The van der Waals surface area contributed by atoms with E-state index in [2.05, 4.69) is 41.5 Å². The zero-order valence-corrected chi connectivity index (χ0v) is 13.8. The molecule has 0 aromatic carbocycles. The highest BCUT2D eigenvalue weighted by molar-refractivity contribution is 6.77. The fraction of sp³-hybridized carbons (Fsp3) is 1.00. The normalized spacial score (nSPS) is 15.0. The molecule has 0 aromatic heterocycles. The summed E-state index contributed by atoms with van der Waals surface area (Å²) in [6.07, 6.45) is 1.40. The zero-order chi connectivity index (χ0) is 13.6. The first kappa shape index (κ1) is 17.1. The summed E-state index contributed by atoms with van der Waals surface area (Å²) in [5, 5.41) is 9.61. The fourth-order valence-electron chi connectivity index (χ4n) is 3.08. The van der Waals surface area contributed by atoms with Crippen molar-refractivity contribution in [2.45, 2.75) is 84.0 Å². The summed E-state index contributed by atoms with van der Waals surface area (Å²) in [7, 11) is -1.72. The van der Waals surface area contributed by atoms with Crippen molar-refractivity contribution in [3.63, 3.8) is 0 Å². The molecule has 0 fully saturated rings. The number of hydrogen-bond acceptors (Lipinski definition) is 2. The van der Waals surface area contributed by atoms with Gasteiger partial charge < -0.3 is 9.53 Å². The molecule has 3 heteroatoms. The fourth-order valence-corrected chi connectivity index (χ4v) is 8.55. The molecule has 0 aromatic rings. The summed E-state index contributed by atoms with van der Waals surface area (Å²) >= 11 is 0. The van der Waals surface area contributed by atoms with E-state index in [-0.39, 0.29) is 6.10 Å². The summed E-state index contributed by atoms with van der Waals surface area (Å²) in [5.41, 5.74) is 1.88. The summed E-state index contributed by atoms with van der Waals surface area (Å²) in [6, 6.07) is 0. The monoisotopic (exact) mass is 260 g/mol. The van der Waals surface area contributed by atoms with E-state index in [9.17, 15) is 5.11 Å². The van der Waals surface area contributed by atoms with Crippen molar-refractivity contribution in [2.75, 3.05) is 6.61 Å².